The Hall–Kier alpha value is -0.0400. The third-order valence-electron chi connectivity index (χ3n) is 2.46. The minimum atomic E-state index is -0.0368. The zero-order valence-corrected chi connectivity index (χ0v) is 9.55. The van der Waals surface area contributed by atoms with Crippen LogP contribution in [0.4, 0.5) is 0 Å². The van der Waals surface area contributed by atoms with Crippen molar-refractivity contribution >= 4 is 0 Å². The zero-order valence-electron chi connectivity index (χ0n) is 9.55. The molecule has 1 N–H and O–H groups in total. The summed E-state index contributed by atoms with van der Waals surface area (Å²) in [6, 6.07) is 0. The van der Waals surface area contributed by atoms with E-state index in [-0.39, 0.29) is 6.10 Å². The quantitative estimate of drug-likeness (QED) is 0.572. The highest BCUT2D eigenvalue weighted by Gasteiger charge is 2.03. The summed E-state index contributed by atoms with van der Waals surface area (Å²) in [5.74, 6) is 0.780. The lowest BCUT2D eigenvalue weighted by Crippen LogP contribution is -2.06. The summed E-state index contributed by atoms with van der Waals surface area (Å²) >= 11 is 0. The van der Waals surface area contributed by atoms with Gasteiger partial charge in [0, 0.05) is 0 Å². The van der Waals surface area contributed by atoms with Gasteiger partial charge in [0.05, 0.1) is 6.10 Å². The van der Waals surface area contributed by atoms with Crippen LogP contribution < -0.4 is 0 Å². The molecule has 0 aromatic rings. The van der Waals surface area contributed by atoms with Crippen molar-refractivity contribution in [3.8, 4) is 0 Å². The number of hydrogen-bond donors (Lipinski definition) is 1. The van der Waals surface area contributed by atoms with Crippen LogP contribution >= 0.6 is 0 Å². The second kappa shape index (κ2) is 8.55. The number of hydrogen-bond acceptors (Lipinski definition) is 1. The van der Waals surface area contributed by atoms with Gasteiger partial charge in [0.25, 0.3) is 0 Å². The van der Waals surface area contributed by atoms with E-state index in [1.807, 2.05) is 0 Å². The first-order valence-corrected chi connectivity index (χ1v) is 5.84. The summed E-state index contributed by atoms with van der Waals surface area (Å²) in [6.45, 7) is 6.68. The first-order chi connectivity index (χ1) is 6.16. The molecule has 0 bridgehead atoms. The molecule has 1 unspecified atom stereocenters. The van der Waals surface area contributed by atoms with Gasteiger partial charge in [0.2, 0.25) is 0 Å². The molecule has 0 aromatic heterocycles. The lowest BCUT2D eigenvalue weighted by molar-refractivity contribution is 0.146. The van der Waals surface area contributed by atoms with Gasteiger partial charge in [-0.25, -0.2) is 0 Å². The van der Waals surface area contributed by atoms with Crippen LogP contribution in [0.3, 0.4) is 0 Å². The Morgan fingerprint density at radius 2 is 1.54 bits per heavy atom. The molecule has 0 aliphatic rings. The van der Waals surface area contributed by atoms with Gasteiger partial charge in [-0.3, -0.25) is 0 Å². The van der Waals surface area contributed by atoms with E-state index in [2.05, 4.69) is 20.8 Å². The molecular formula is C12H26O. The van der Waals surface area contributed by atoms with Crippen molar-refractivity contribution < 1.29 is 5.11 Å². The monoisotopic (exact) mass is 186 g/mol. The molecule has 0 spiro atoms. The minimum Gasteiger partial charge on any atom is -0.393 e. The van der Waals surface area contributed by atoms with Gasteiger partial charge < -0.3 is 5.11 Å². The van der Waals surface area contributed by atoms with Crippen LogP contribution in [0.5, 0.6) is 0 Å². The average Bonchev–Trinajstić information content (AvgIpc) is 2.04. The third-order valence-corrected chi connectivity index (χ3v) is 2.46. The molecule has 80 valence electrons. The highest BCUT2D eigenvalue weighted by Crippen LogP contribution is 2.12. The lowest BCUT2D eigenvalue weighted by Gasteiger charge is -2.10. The minimum absolute atomic E-state index is 0.0368. The number of rotatable bonds is 8. The maximum absolute atomic E-state index is 9.59. The molecule has 1 nitrogen and oxygen atoms in total. The van der Waals surface area contributed by atoms with Crippen molar-refractivity contribution in [1.82, 2.24) is 0 Å². The topological polar surface area (TPSA) is 20.2 Å². The first kappa shape index (κ1) is 13.0. The van der Waals surface area contributed by atoms with Crippen LogP contribution in [0.15, 0.2) is 0 Å². The van der Waals surface area contributed by atoms with E-state index < -0.39 is 0 Å². The molecule has 0 saturated heterocycles. The average molecular weight is 186 g/mol. The normalized spacial score (nSPS) is 13.6. The predicted molar refractivity (Wildman–Crippen MR) is 58.8 cm³/mol. The molecule has 0 aromatic carbocycles. The van der Waals surface area contributed by atoms with Gasteiger partial charge in [-0.15, -0.1) is 0 Å². The number of unbranched alkanes of at least 4 members (excludes halogenated alkanes) is 2. The molecule has 0 rings (SSSR count). The Morgan fingerprint density at radius 1 is 0.923 bits per heavy atom. The van der Waals surface area contributed by atoms with E-state index in [9.17, 15) is 5.11 Å². The Labute approximate surface area is 83.5 Å². The molecule has 0 amide bonds. The second-order valence-corrected chi connectivity index (χ2v) is 4.47. The van der Waals surface area contributed by atoms with E-state index in [0.29, 0.717) is 0 Å². The number of aliphatic hydroxyl groups excluding tert-OH is 1. The van der Waals surface area contributed by atoms with Gasteiger partial charge in [0.1, 0.15) is 0 Å². The van der Waals surface area contributed by atoms with E-state index in [0.717, 1.165) is 18.8 Å². The Balaban J connectivity index is 3.15. The maximum atomic E-state index is 9.59. The summed E-state index contributed by atoms with van der Waals surface area (Å²) in [4.78, 5) is 0. The van der Waals surface area contributed by atoms with Gasteiger partial charge in [-0.1, -0.05) is 52.9 Å². The van der Waals surface area contributed by atoms with Crippen molar-refractivity contribution in [2.75, 3.05) is 0 Å². The smallest absolute Gasteiger partial charge is 0.0540 e. The molecule has 0 fully saturated rings. The van der Waals surface area contributed by atoms with Crippen molar-refractivity contribution in [2.45, 2.75) is 71.8 Å². The third kappa shape index (κ3) is 9.88. The molecule has 1 heteroatoms. The molecule has 0 aliphatic carbocycles. The van der Waals surface area contributed by atoms with Crippen LogP contribution in [0.25, 0.3) is 0 Å². The van der Waals surface area contributed by atoms with Crippen LogP contribution in [0.2, 0.25) is 0 Å². The molecule has 0 saturated carbocycles. The van der Waals surface area contributed by atoms with Crippen molar-refractivity contribution in [1.29, 1.82) is 0 Å². The summed E-state index contributed by atoms with van der Waals surface area (Å²) in [7, 11) is 0. The molecule has 0 aliphatic heterocycles. The SMILES string of the molecule is CCCCCC(O)CCCC(C)C. The van der Waals surface area contributed by atoms with Crippen LogP contribution in [0.1, 0.15) is 65.7 Å². The van der Waals surface area contributed by atoms with Gasteiger partial charge in [-0.05, 0) is 18.8 Å². The standard InChI is InChI=1S/C12H26O/c1-4-5-6-9-12(13)10-7-8-11(2)3/h11-13H,4-10H2,1-3H3. The second-order valence-electron chi connectivity index (χ2n) is 4.47. The summed E-state index contributed by atoms with van der Waals surface area (Å²) in [6.07, 6.45) is 8.12. The first-order valence-electron chi connectivity index (χ1n) is 5.84. The van der Waals surface area contributed by atoms with E-state index in [1.165, 1.54) is 32.1 Å². The van der Waals surface area contributed by atoms with E-state index in [1.54, 1.807) is 0 Å². The fraction of sp³-hybridized carbons (Fsp3) is 1.00. The summed E-state index contributed by atoms with van der Waals surface area (Å²) in [5.41, 5.74) is 0. The van der Waals surface area contributed by atoms with Crippen molar-refractivity contribution in [3.05, 3.63) is 0 Å². The van der Waals surface area contributed by atoms with Crippen LogP contribution in [0, 0.1) is 5.92 Å². The fourth-order valence-corrected chi connectivity index (χ4v) is 1.54. The number of aliphatic hydroxyl groups is 1. The summed E-state index contributed by atoms with van der Waals surface area (Å²) < 4.78 is 0. The van der Waals surface area contributed by atoms with Crippen LogP contribution in [-0.2, 0) is 0 Å². The maximum Gasteiger partial charge on any atom is 0.0540 e. The highest BCUT2D eigenvalue weighted by molar-refractivity contribution is 4.57. The Morgan fingerprint density at radius 3 is 2.08 bits per heavy atom. The molecule has 0 heterocycles. The fourth-order valence-electron chi connectivity index (χ4n) is 1.54. The lowest BCUT2D eigenvalue weighted by atomic mass is 10.0. The molecule has 13 heavy (non-hydrogen) atoms. The Bertz CT molecular complexity index is 99.3. The zero-order chi connectivity index (χ0) is 10.1. The van der Waals surface area contributed by atoms with Crippen molar-refractivity contribution in [3.63, 3.8) is 0 Å². The highest BCUT2D eigenvalue weighted by atomic mass is 16.3. The predicted octanol–water partition coefficient (Wildman–Crippen LogP) is 3.75. The summed E-state index contributed by atoms with van der Waals surface area (Å²) in [5, 5.41) is 9.59. The van der Waals surface area contributed by atoms with Gasteiger partial charge in [0.15, 0.2) is 0 Å². The van der Waals surface area contributed by atoms with Crippen molar-refractivity contribution in [2.24, 2.45) is 5.92 Å². The molecular weight excluding hydrogens is 160 g/mol. The molecule has 0 radical (unpaired) electrons. The van der Waals surface area contributed by atoms with E-state index in [4.69, 9.17) is 0 Å². The van der Waals surface area contributed by atoms with E-state index >= 15 is 0 Å². The van der Waals surface area contributed by atoms with Gasteiger partial charge in [-0.2, -0.15) is 0 Å². The van der Waals surface area contributed by atoms with Crippen LogP contribution in [-0.4, -0.2) is 11.2 Å². The Kier molecular flexibility index (Phi) is 8.53. The molecule has 1 atom stereocenters. The van der Waals surface area contributed by atoms with Gasteiger partial charge >= 0.3 is 0 Å². The largest absolute Gasteiger partial charge is 0.393 e.